The number of nitrogens with one attached hydrogen (secondary N) is 2. The zero-order valence-corrected chi connectivity index (χ0v) is 13.6. The zero-order valence-electron chi connectivity index (χ0n) is 12.0. The lowest BCUT2D eigenvalue weighted by Gasteiger charge is -2.06. The first kappa shape index (κ1) is 15.2. The number of hydrogen-bond donors (Lipinski definition) is 2. The highest BCUT2D eigenvalue weighted by Crippen LogP contribution is 2.18. The highest BCUT2D eigenvalue weighted by atomic mass is 79.9. The lowest BCUT2D eigenvalue weighted by molar-refractivity contribution is 0.0947. The predicted octanol–water partition coefficient (Wildman–Crippen LogP) is 3.51. The summed E-state index contributed by atoms with van der Waals surface area (Å²) in [6.45, 7) is 0.323. The fourth-order valence-electron chi connectivity index (χ4n) is 1.89. The van der Waals surface area contributed by atoms with E-state index in [-0.39, 0.29) is 5.91 Å². The van der Waals surface area contributed by atoms with Crippen molar-refractivity contribution in [3.05, 3.63) is 70.9 Å². The van der Waals surface area contributed by atoms with Gasteiger partial charge in [0.2, 0.25) is 5.95 Å². The summed E-state index contributed by atoms with van der Waals surface area (Å²) in [4.78, 5) is 20.3. The summed E-state index contributed by atoms with van der Waals surface area (Å²) < 4.78 is 6.11. The molecule has 1 amide bonds. The summed E-state index contributed by atoms with van der Waals surface area (Å²) in [5, 5.41) is 5.81. The summed E-state index contributed by atoms with van der Waals surface area (Å²) in [6, 6.07) is 11.2. The van der Waals surface area contributed by atoms with Crippen LogP contribution in [0.3, 0.4) is 0 Å². The molecule has 2 aromatic heterocycles. The minimum atomic E-state index is -0.254. The van der Waals surface area contributed by atoms with Crippen LogP contribution in [0.15, 0.2) is 63.9 Å². The Kier molecular flexibility index (Phi) is 4.68. The van der Waals surface area contributed by atoms with Gasteiger partial charge in [0.25, 0.3) is 5.91 Å². The number of furan rings is 1. The van der Waals surface area contributed by atoms with Crippen molar-refractivity contribution in [3.8, 4) is 0 Å². The number of amides is 1. The molecule has 0 aliphatic carbocycles. The number of carbonyl (C=O) groups excluding carboxylic acids is 1. The first-order valence-electron chi connectivity index (χ1n) is 6.86. The molecular weight excluding hydrogens is 360 g/mol. The first-order valence-corrected chi connectivity index (χ1v) is 7.65. The third-order valence-electron chi connectivity index (χ3n) is 3.00. The molecule has 0 aliphatic rings. The van der Waals surface area contributed by atoms with Gasteiger partial charge in [0, 0.05) is 22.6 Å². The van der Waals surface area contributed by atoms with Crippen LogP contribution in [0.1, 0.15) is 16.1 Å². The van der Waals surface area contributed by atoms with Crippen LogP contribution in [-0.4, -0.2) is 15.9 Å². The molecule has 0 saturated heterocycles. The number of carbonyl (C=O) groups is 1. The van der Waals surface area contributed by atoms with E-state index in [0.29, 0.717) is 23.8 Å². The van der Waals surface area contributed by atoms with Crippen LogP contribution in [-0.2, 0) is 6.54 Å². The van der Waals surface area contributed by atoms with Crippen molar-refractivity contribution in [2.75, 3.05) is 5.32 Å². The quantitative estimate of drug-likeness (QED) is 0.716. The van der Waals surface area contributed by atoms with Crippen LogP contribution in [0, 0.1) is 0 Å². The molecule has 23 heavy (non-hydrogen) atoms. The SMILES string of the molecule is O=C(NCc1ccco1)c1cnc(Nc2cccc(Br)c2)nc1. The van der Waals surface area contributed by atoms with Crippen LogP contribution >= 0.6 is 15.9 Å². The van der Waals surface area contributed by atoms with Gasteiger partial charge in [-0.3, -0.25) is 4.79 Å². The van der Waals surface area contributed by atoms with Crippen LogP contribution < -0.4 is 10.6 Å². The number of anilines is 2. The third-order valence-corrected chi connectivity index (χ3v) is 3.49. The van der Waals surface area contributed by atoms with Crippen molar-refractivity contribution in [3.63, 3.8) is 0 Å². The molecular formula is C16H13BrN4O2. The molecule has 2 N–H and O–H groups in total. The van der Waals surface area contributed by atoms with Crippen LogP contribution in [0.4, 0.5) is 11.6 Å². The molecule has 0 unspecified atom stereocenters. The van der Waals surface area contributed by atoms with Gasteiger partial charge in [-0.1, -0.05) is 22.0 Å². The Morgan fingerprint density at radius 2 is 2.00 bits per heavy atom. The Bertz CT molecular complexity index is 788. The van der Waals surface area contributed by atoms with E-state index < -0.39 is 0 Å². The topological polar surface area (TPSA) is 80.0 Å². The van der Waals surface area contributed by atoms with Crippen molar-refractivity contribution in [1.82, 2.24) is 15.3 Å². The fourth-order valence-corrected chi connectivity index (χ4v) is 2.29. The van der Waals surface area contributed by atoms with E-state index in [2.05, 4.69) is 36.5 Å². The Morgan fingerprint density at radius 1 is 1.17 bits per heavy atom. The normalized spacial score (nSPS) is 10.3. The van der Waals surface area contributed by atoms with Crippen LogP contribution in [0.25, 0.3) is 0 Å². The van der Waals surface area contributed by atoms with E-state index in [0.717, 1.165) is 10.2 Å². The van der Waals surface area contributed by atoms with Gasteiger partial charge in [-0.05, 0) is 30.3 Å². The molecule has 7 heteroatoms. The molecule has 0 spiro atoms. The number of aromatic nitrogens is 2. The minimum Gasteiger partial charge on any atom is -0.467 e. The van der Waals surface area contributed by atoms with E-state index in [1.165, 1.54) is 12.4 Å². The molecule has 0 atom stereocenters. The molecule has 6 nitrogen and oxygen atoms in total. The van der Waals surface area contributed by atoms with E-state index in [1.807, 2.05) is 24.3 Å². The van der Waals surface area contributed by atoms with Gasteiger partial charge < -0.3 is 15.1 Å². The number of halogens is 1. The number of rotatable bonds is 5. The van der Waals surface area contributed by atoms with Gasteiger partial charge >= 0.3 is 0 Å². The van der Waals surface area contributed by atoms with Gasteiger partial charge in [0.15, 0.2) is 0 Å². The van der Waals surface area contributed by atoms with Crippen LogP contribution in [0.5, 0.6) is 0 Å². The molecule has 0 fully saturated rings. The molecule has 0 aliphatic heterocycles. The molecule has 0 bridgehead atoms. The fraction of sp³-hybridized carbons (Fsp3) is 0.0625. The summed E-state index contributed by atoms with van der Waals surface area (Å²) in [5.41, 5.74) is 1.24. The third kappa shape index (κ3) is 4.17. The number of benzene rings is 1. The van der Waals surface area contributed by atoms with Gasteiger partial charge in [-0.25, -0.2) is 9.97 Å². The summed E-state index contributed by atoms with van der Waals surface area (Å²) in [5.74, 6) is 0.855. The lowest BCUT2D eigenvalue weighted by atomic mass is 10.3. The maximum Gasteiger partial charge on any atom is 0.254 e. The summed E-state index contributed by atoms with van der Waals surface area (Å²) in [7, 11) is 0. The van der Waals surface area contributed by atoms with E-state index >= 15 is 0 Å². The van der Waals surface area contributed by atoms with E-state index in [9.17, 15) is 4.79 Å². The predicted molar refractivity (Wildman–Crippen MR) is 89.3 cm³/mol. The molecule has 2 heterocycles. The molecule has 1 aromatic carbocycles. The minimum absolute atomic E-state index is 0.254. The average Bonchev–Trinajstić information content (AvgIpc) is 3.07. The van der Waals surface area contributed by atoms with Crippen LogP contribution in [0.2, 0.25) is 0 Å². The summed E-state index contributed by atoms with van der Waals surface area (Å²) in [6.07, 6.45) is 4.52. The van der Waals surface area contributed by atoms with Gasteiger partial charge in [-0.15, -0.1) is 0 Å². The van der Waals surface area contributed by atoms with E-state index in [1.54, 1.807) is 18.4 Å². The van der Waals surface area contributed by atoms with Crippen molar-refractivity contribution in [1.29, 1.82) is 0 Å². The van der Waals surface area contributed by atoms with Gasteiger partial charge in [0.1, 0.15) is 5.76 Å². The monoisotopic (exact) mass is 372 g/mol. The standard InChI is InChI=1S/C16H13BrN4O2/c17-12-3-1-4-13(7-12)21-16-19-8-11(9-20-16)15(22)18-10-14-5-2-6-23-14/h1-9H,10H2,(H,18,22)(H,19,20,21). The van der Waals surface area contributed by atoms with Crippen molar-refractivity contribution in [2.24, 2.45) is 0 Å². The highest BCUT2D eigenvalue weighted by molar-refractivity contribution is 9.10. The Balaban J connectivity index is 1.61. The van der Waals surface area contributed by atoms with Crippen molar-refractivity contribution < 1.29 is 9.21 Å². The second kappa shape index (κ2) is 7.06. The molecule has 3 aromatic rings. The second-order valence-corrected chi connectivity index (χ2v) is 5.61. The lowest BCUT2D eigenvalue weighted by Crippen LogP contribution is -2.22. The highest BCUT2D eigenvalue weighted by Gasteiger charge is 2.08. The molecule has 0 saturated carbocycles. The smallest absolute Gasteiger partial charge is 0.254 e. The maximum absolute atomic E-state index is 12.0. The largest absolute Gasteiger partial charge is 0.467 e. The Hall–Kier alpha value is -2.67. The molecule has 116 valence electrons. The number of nitrogens with zero attached hydrogens (tertiary/aromatic N) is 2. The van der Waals surface area contributed by atoms with Gasteiger partial charge in [0.05, 0.1) is 18.4 Å². The second-order valence-electron chi connectivity index (χ2n) is 4.69. The average molecular weight is 373 g/mol. The Morgan fingerprint density at radius 3 is 2.70 bits per heavy atom. The first-order chi connectivity index (χ1) is 11.2. The zero-order chi connectivity index (χ0) is 16.1. The van der Waals surface area contributed by atoms with Crippen molar-refractivity contribution in [2.45, 2.75) is 6.54 Å². The molecule has 3 rings (SSSR count). The van der Waals surface area contributed by atoms with Crippen molar-refractivity contribution >= 4 is 33.5 Å². The summed E-state index contributed by atoms with van der Waals surface area (Å²) >= 11 is 3.40. The maximum atomic E-state index is 12.0. The Labute approximate surface area is 141 Å². The van der Waals surface area contributed by atoms with E-state index in [4.69, 9.17) is 4.42 Å². The number of hydrogen-bond acceptors (Lipinski definition) is 5. The molecule has 0 radical (unpaired) electrons. The van der Waals surface area contributed by atoms with Gasteiger partial charge in [-0.2, -0.15) is 0 Å².